The standard InChI is InChI=1S/2C14H13N3S2.Zn/c2*18-14(19-11-12-6-2-1-3-7-12)17-16-10-13-8-4-5-9-15-13;/h2*1-10H,11H2,(H,17,18);. The van der Waals surface area contributed by atoms with Crippen LogP contribution in [0.15, 0.2) is 120 Å². The fourth-order valence-electron chi connectivity index (χ4n) is 2.72. The molecule has 2 heterocycles. The zero-order valence-corrected chi connectivity index (χ0v) is 27.3. The summed E-state index contributed by atoms with van der Waals surface area (Å²) in [6, 6.07) is 31.7. The molecule has 2 aromatic carbocycles. The van der Waals surface area contributed by atoms with Crippen LogP contribution in [0.3, 0.4) is 0 Å². The molecule has 194 valence electrons. The Morgan fingerprint density at radius 2 is 1.00 bits per heavy atom. The zero-order chi connectivity index (χ0) is 26.7. The molecule has 0 saturated heterocycles. The fraction of sp³-hybridized carbons (Fsp3) is 0.0714. The first-order chi connectivity index (χ1) is 18.7. The molecule has 0 aliphatic carbocycles. The van der Waals surface area contributed by atoms with Crippen LogP contribution in [0.5, 0.6) is 0 Å². The van der Waals surface area contributed by atoms with Crippen LogP contribution in [-0.2, 0) is 31.0 Å². The smallest absolute Gasteiger partial charge is 0.154 e. The Morgan fingerprint density at radius 1 is 0.615 bits per heavy atom. The number of aromatic nitrogens is 2. The van der Waals surface area contributed by atoms with Gasteiger partial charge in [0.1, 0.15) is 0 Å². The second-order valence-electron chi connectivity index (χ2n) is 7.37. The molecule has 0 atom stereocenters. The monoisotopic (exact) mass is 638 g/mol. The van der Waals surface area contributed by atoms with Crippen molar-refractivity contribution in [3.05, 3.63) is 132 Å². The maximum absolute atomic E-state index is 5.19. The summed E-state index contributed by atoms with van der Waals surface area (Å²) < 4.78 is 1.30. The summed E-state index contributed by atoms with van der Waals surface area (Å²) in [5.74, 6) is 1.68. The van der Waals surface area contributed by atoms with E-state index in [1.54, 1.807) is 48.3 Å². The number of nitrogens with zero attached hydrogens (tertiary/aromatic N) is 4. The molecule has 4 rings (SSSR count). The van der Waals surface area contributed by atoms with E-state index in [9.17, 15) is 0 Å². The number of thiocarbonyl (C=S) groups is 2. The molecule has 0 fully saturated rings. The van der Waals surface area contributed by atoms with Crippen LogP contribution in [0.4, 0.5) is 0 Å². The molecule has 6 nitrogen and oxygen atoms in total. The van der Waals surface area contributed by atoms with Gasteiger partial charge in [0.15, 0.2) is 8.64 Å². The summed E-state index contributed by atoms with van der Waals surface area (Å²) in [6.45, 7) is 0. The summed E-state index contributed by atoms with van der Waals surface area (Å²) in [5.41, 5.74) is 9.73. The molecule has 0 radical (unpaired) electrons. The average Bonchev–Trinajstić information content (AvgIpc) is 2.98. The molecule has 0 amide bonds. The maximum Gasteiger partial charge on any atom is 0.154 e. The summed E-state index contributed by atoms with van der Waals surface area (Å²) in [6.07, 6.45) is 6.75. The number of nitrogens with one attached hydrogen (secondary N) is 2. The van der Waals surface area contributed by atoms with Gasteiger partial charge in [-0.1, -0.05) is 121 Å². The number of hydrogen-bond acceptors (Lipinski definition) is 8. The first kappa shape index (κ1) is 32.4. The van der Waals surface area contributed by atoms with E-state index in [4.69, 9.17) is 24.4 Å². The first-order valence-electron chi connectivity index (χ1n) is 11.5. The molecule has 0 bridgehead atoms. The minimum absolute atomic E-state index is 0. The van der Waals surface area contributed by atoms with Crippen molar-refractivity contribution in [2.24, 2.45) is 10.2 Å². The van der Waals surface area contributed by atoms with Gasteiger partial charge in [-0.3, -0.25) is 20.8 Å². The number of hydrogen-bond donors (Lipinski definition) is 2. The van der Waals surface area contributed by atoms with E-state index in [0.717, 1.165) is 22.9 Å². The Balaban J connectivity index is 0.000000267. The molecule has 39 heavy (non-hydrogen) atoms. The molecule has 0 spiro atoms. The van der Waals surface area contributed by atoms with Crippen LogP contribution in [-0.4, -0.2) is 31.0 Å². The van der Waals surface area contributed by atoms with Gasteiger partial charge < -0.3 is 0 Å². The fourth-order valence-corrected chi connectivity index (χ4v) is 4.39. The third-order valence-electron chi connectivity index (χ3n) is 4.51. The van der Waals surface area contributed by atoms with E-state index in [1.165, 1.54) is 11.1 Å². The van der Waals surface area contributed by atoms with E-state index in [0.29, 0.717) is 8.64 Å². The summed E-state index contributed by atoms with van der Waals surface area (Å²) in [7, 11) is 0. The number of benzene rings is 2. The molecule has 0 unspecified atom stereocenters. The van der Waals surface area contributed by atoms with E-state index >= 15 is 0 Å². The normalized spacial score (nSPS) is 10.3. The first-order valence-corrected chi connectivity index (χ1v) is 14.3. The van der Waals surface area contributed by atoms with Gasteiger partial charge >= 0.3 is 0 Å². The van der Waals surface area contributed by atoms with Crippen molar-refractivity contribution in [1.29, 1.82) is 0 Å². The molecule has 2 aromatic heterocycles. The van der Waals surface area contributed by atoms with Crippen LogP contribution in [0.25, 0.3) is 0 Å². The summed E-state index contributed by atoms with van der Waals surface area (Å²) in [5, 5.41) is 8.11. The van der Waals surface area contributed by atoms with Gasteiger partial charge in [0.2, 0.25) is 0 Å². The largest absolute Gasteiger partial charge is 0.262 e. The Bertz CT molecular complexity index is 1190. The average molecular weight is 640 g/mol. The number of thioether (sulfide) groups is 2. The number of hydrazone groups is 2. The second-order valence-corrected chi connectivity index (χ2v) is 10.7. The zero-order valence-electron chi connectivity index (χ0n) is 21.1. The second kappa shape index (κ2) is 20.1. The van der Waals surface area contributed by atoms with E-state index in [2.05, 4.69) is 55.3 Å². The number of pyridine rings is 2. The van der Waals surface area contributed by atoms with Gasteiger partial charge in [-0.05, 0) is 35.4 Å². The topological polar surface area (TPSA) is 74.6 Å². The van der Waals surface area contributed by atoms with Crippen molar-refractivity contribution < 1.29 is 19.5 Å². The van der Waals surface area contributed by atoms with Crippen molar-refractivity contribution in [3.8, 4) is 0 Å². The van der Waals surface area contributed by atoms with Crippen LogP contribution in [0.2, 0.25) is 0 Å². The van der Waals surface area contributed by atoms with Crippen LogP contribution in [0, 0.1) is 0 Å². The molecule has 2 N–H and O–H groups in total. The minimum Gasteiger partial charge on any atom is -0.262 e. The Hall–Kier alpha value is -2.82. The van der Waals surface area contributed by atoms with Gasteiger partial charge in [0.25, 0.3) is 0 Å². The minimum atomic E-state index is 0. The molecule has 0 saturated carbocycles. The summed E-state index contributed by atoms with van der Waals surface area (Å²) in [4.78, 5) is 8.26. The van der Waals surface area contributed by atoms with E-state index in [-0.39, 0.29) is 19.5 Å². The van der Waals surface area contributed by atoms with Crippen molar-refractivity contribution in [2.75, 3.05) is 0 Å². The molecule has 4 aromatic rings. The Kier molecular flexibility index (Phi) is 16.7. The third-order valence-corrected chi connectivity index (χ3v) is 7.06. The van der Waals surface area contributed by atoms with Crippen LogP contribution >= 0.6 is 48.0 Å². The van der Waals surface area contributed by atoms with Gasteiger partial charge in [0.05, 0.1) is 23.8 Å². The van der Waals surface area contributed by atoms with Crippen LogP contribution in [0.1, 0.15) is 22.5 Å². The molecule has 0 aliphatic heterocycles. The van der Waals surface area contributed by atoms with Crippen LogP contribution < -0.4 is 10.9 Å². The van der Waals surface area contributed by atoms with Crippen molar-refractivity contribution in [2.45, 2.75) is 11.5 Å². The molecule has 11 heteroatoms. The molecular formula is C28H26N6S4Zn. The van der Waals surface area contributed by atoms with Crippen molar-refractivity contribution in [3.63, 3.8) is 0 Å². The third kappa shape index (κ3) is 14.8. The Morgan fingerprint density at radius 3 is 1.36 bits per heavy atom. The SMILES string of the molecule is S=C(NN=Cc1ccccn1)SCc1ccccc1.S=C(NN=Cc1ccccn1)SCc1ccccc1.[Zn]. The van der Waals surface area contributed by atoms with Gasteiger partial charge in [-0.15, -0.1) is 0 Å². The van der Waals surface area contributed by atoms with E-state index in [1.807, 2.05) is 72.8 Å². The van der Waals surface area contributed by atoms with Gasteiger partial charge in [0, 0.05) is 43.4 Å². The van der Waals surface area contributed by atoms with Gasteiger partial charge in [-0.2, -0.15) is 10.2 Å². The Labute approximate surface area is 261 Å². The van der Waals surface area contributed by atoms with Crippen molar-refractivity contribution in [1.82, 2.24) is 20.8 Å². The quantitative estimate of drug-likeness (QED) is 0.0987. The van der Waals surface area contributed by atoms with Gasteiger partial charge in [-0.25, -0.2) is 0 Å². The van der Waals surface area contributed by atoms with E-state index < -0.39 is 0 Å². The predicted octanol–water partition coefficient (Wildman–Crippen LogP) is 6.44. The molecule has 0 aliphatic rings. The summed E-state index contributed by atoms with van der Waals surface area (Å²) >= 11 is 13.5. The van der Waals surface area contributed by atoms with Crippen molar-refractivity contribution >= 4 is 69.0 Å². The number of rotatable bonds is 8. The molecular weight excluding hydrogens is 614 g/mol. The predicted molar refractivity (Wildman–Crippen MR) is 171 cm³/mol. The maximum atomic E-state index is 5.19.